The summed E-state index contributed by atoms with van der Waals surface area (Å²) < 4.78 is 32.1. The monoisotopic (exact) mass is 512 g/mol. The number of rotatable bonds is 19. The number of hydrogen-bond acceptors (Lipinski definition) is 10. The van der Waals surface area contributed by atoms with Crippen LogP contribution in [0.15, 0.2) is 0 Å². The summed E-state index contributed by atoms with van der Waals surface area (Å²) in [5.74, 6) is 0. The molecule has 194 valence electrons. The zero-order chi connectivity index (χ0) is 24.9. The summed E-state index contributed by atoms with van der Waals surface area (Å²) in [5, 5.41) is 39.3. The molecule has 4 unspecified atom stereocenters. The van der Waals surface area contributed by atoms with Crippen molar-refractivity contribution in [3.8, 4) is 0 Å². The molecule has 0 amide bonds. The zero-order valence-electron chi connectivity index (χ0n) is 18.4. The Balaban J connectivity index is 3.88. The van der Waals surface area contributed by atoms with E-state index in [4.69, 9.17) is 29.0 Å². The summed E-state index contributed by atoms with van der Waals surface area (Å²) in [6.07, 6.45) is -4.69. The van der Waals surface area contributed by atoms with E-state index in [-0.39, 0.29) is 52.4 Å². The van der Waals surface area contributed by atoms with Crippen LogP contribution in [-0.4, -0.2) is 140 Å². The Kier molecular flexibility index (Phi) is 15.8. The maximum atomic E-state index is 10.9. The van der Waals surface area contributed by atoms with Gasteiger partial charge >= 0.3 is 15.2 Å². The highest BCUT2D eigenvalue weighted by Crippen LogP contribution is 2.35. The minimum Gasteiger partial charge on any atom is -0.393 e. The van der Waals surface area contributed by atoms with E-state index in [1.807, 2.05) is 0 Å². The van der Waals surface area contributed by atoms with Crippen LogP contribution in [0.3, 0.4) is 0 Å². The normalized spacial score (nSPS) is 17.0. The first kappa shape index (κ1) is 32.0. The van der Waals surface area contributed by atoms with Crippen molar-refractivity contribution < 1.29 is 58.6 Å². The standard InChI is InChI=1S/C16H38N2O12P2/c1-17(11-31(23,24)25)6-15(21)9-29-4-3-13(19)5-14(20)8-30-10-16(22)7-18(2)12-32(26,27)28/h13-16,19-22H,3-12H2,1-2H3,(H2,23,24,25)(H2,26,27,28). The molecule has 8 N–H and O–H groups in total. The Bertz CT molecular complexity index is 589. The van der Waals surface area contributed by atoms with Crippen LogP contribution >= 0.6 is 15.2 Å². The molecule has 0 aromatic heterocycles. The van der Waals surface area contributed by atoms with Gasteiger partial charge in [-0.25, -0.2) is 0 Å². The van der Waals surface area contributed by atoms with Gasteiger partial charge in [-0.2, -0.15) is 0 Å². The average Bonchev–Trinajstić information content (AvgIpc) is 2.54. The first-order valence-corrected chi connectivity index (χ1v) is 13.5. The molecule has 0 aliphatic heterocycles. The Hall–Kier alpha value is -0.0200. The lowest BCUT2D eigenvalue weighted by atomic mass is 10.1. The SMILES string of the molecule is CN(CC(O)COCCC(O)CC(O)COCC(O)CN(C)CP(=O)(O)O)CP(=O)(O)O. The third kappa shape index (κ3) is 20.6. The van der Waals surface area contributed by atoms with Crippen molar-refractivity contribution in [2.75, 3.05) is 66.2 Å². The number of aliphatic hydroxyl groups excluding tert-OH is 4. The molecule has 0 aromatic rings. The van der Waals surface area contributed by atoms with Crippen molar-refractivity contribution >= 4 is 15.2 Å². The average molecular weight is 512 g/mol. The summed E-state index contributed by atoms with van der Waals surface area (Å²) >= 11 is 0. The third-order valence-electron chi connectivity index (χ3n) is 3.97. The Morgan fingerprint density at radius 3 is 1.53 bits per heavy atom. The molecular formula is C16H38N2O12P2. The minimum absolute atomic E-state index is 0.00463. The number of ether oxygens (including phenoxy) is 2. The molecule has 4 atom stereocenters. The van der Waals surface area contributed by atoms with Gasteiger partial charge < -0.3 is 49.5 Å². The van der Waals surface area contributed by atoms with Gasteiger partial charge in [0.15, 0.2) is 0 Å². The summed E-state index contributed by atoms with van der Waals surface area (Å²) in [5.41, 5.74) is 0. The molecule has 0 saturated carbocycles. The van der Waals surface area contributed by atoms with Crippen LogP contribution in [0, 0.1) is 0 Å². The number of aliphatic hydroxyl groups is 4. The lowest BCUT2D eigenvalue weighted by Crippen LogP contribution is -2.34. The van der Waals surface area contributed by atoms with Gasteiger partial charge in [-0.05, 0) is 20.5 Å². The second-order valence-electron chi connectivity index (χ2n) is 7.94. The lowest BCUT2D eigenvalue weighted by molar-refractivity contribution is -0.0335. The fraction of sp³-hybridized carbons (Fsp3) is 1.00. The smallest absolute Gasteiger partial charge is 0.339 e. The highest BCUT2D eigenvalue weighted by Gasteiger charge is 2.20. The molecule has 0 heterocycles. The lowest BCUT2D eigenvalue weighted by Gasteiger charge is -2.22. The van der Waals surface area contributed by atoms with E-state index >= 15 is 0 Å². The van der Waals surface area contributed by atoms with Crippen molar-refractivity contribution in [3.05, 3.63) is 0 Å². The fourth-order valence-corrected chi connectivity index (χ4v) is 4.34. The third-order valence-corrected chi connectivity index (χ3v) is 5.67. The molecule has 0 fully saturated rings. The van der Waals surface area contributed by atoms with Gasteiger partial charge in [-0.1, -0.05) is 0 Å². The Morgan fingerprint density at radius 2 is 1.09 bits per heavy atom. The first-order valence-electron chi connectivity index (χ1n) is 9.91. The van der Waals surface area contributed by atoms with Crippen LogP contribution in [0.1, 0.15) is 12.8 Å². The van der Waals surface area contributed by atoms with Gasteiger partial charge in [0.1, 0.15) is 12.6 Å². The van der Waals surface area contributed by atoms with Crippen LogP contribution in [0.2, 0.25) is 0 Å². The summed E-state index contributed by atoms with van der Waals surface area (Å²) in [6, 6.07) is 0. The zero-order valence-corrected chi connectivity index (χ0v) is 20.2. The van der Waals surface area contributed by atoms with E-state index in [1.165, 1.54) is 23.9 Å². The summed E-state index contributed by atoms with van der Waals surface area (Å²) in [4.78, 5) is 38.0. The van der Waals surface area contributed by atoms with Crippen molar-refractivity contribution in [1.82, 2.24) is 9.80 Å². The summed E-state index contributed by atoms with van der Waals surface area (Å²) in [6.45, 7) is -0.318. The van der Waals surface area contributed by atoms with Crippen molar-refractivity contribution in [3.63, 3.8) is 0 Å². The minimum atomic E-state index is -4.22. The van der Waals surface area contributed by atoms with E-state index < -0.39 is 52.2 Å². The molecule has 0 radical (unpaired) electrons. The largest absolute Gasteiger partial charge is 0.393 e. The number of likely N-dealkylation sites (N-methyl/N-ethyl adjacent to an activating group) is 2. The Labute approximate surface area is 187 Å². The van der Waals surface area contributed by atoms with E-state index in [0.29, 0.717) is 0 Å². The molecule has 0 saturated heterocycles. The van der Waals surface area contributed by atoms with Crippen LogP contribution in [0.5, 0.6) is 0 Å². The van der Waals surface area contributed by atoms with Crippen LogP contribution in [0.25, 0.3) is 0 Å². The summed E-state index contributed by atoms with van der Waals surface area (Å²) in [7, 11) is -5.52. The number of hydrogen-bond donors (Lipinski definition) is 8. The highest BCUT2D eigenvalue weighted by molar-refractivity contribution is 7.51. The van der Waals surface area contributed by atoms with Crippen LogP contribution in [-0.2, 0) is 18.6 Å². The van der Waals surface area contributed by atoms with E-state index in [2.05, 4.69) is 0 Å². The maximum Gasteiger partial charge on any atom is 0.339 e. The maximum absolute atomic E-state index is 10.9. The Morgan fingerprint density at radius 1 is 0.688 bits per heavy atom. The molecule has 0 rings (SSSR count). The van der Waals surface area contributed by atoms with Gasteiger partial charge in [0, 0.05) is 26.1 Å². The van der Waals surface area contributed by atoms with E-state index in [1.54, 1.807) is 0 Å². The molecule has 16 heteroatoms. The van der Waals surface area contributed by atoms with Gasteiger partial charge in [-0.3, -0.25) is 18.9 Å². The van der Waals surface area contributed by atoms with Crippen LogP contribution in [0.4, 0.5) is 0 Å². The van der Waals surface area contributed by atoms with Gasteiger partial charge in [-0.15, -0.1) is 0 Å². The van der Waals surface area contributed by atoms with Gasteiger partial charge in [0.2, 0.25) is 0 Å². The first-order chi connectivity index (χ1) is 14.6. The molecular weight excluding hydrogens is 474 g/mol. The quantitative estimate of drug-likeness (QED) is 0.0656. The molecule has 0 aromatic carbocycles. The van der Waals surface area contributed by atoms with Gasteiger partial charge in [0.05, 0.1) is 44.2 Å². The van der Waals surface area contributed by atoms with E-state index in [9.17, 15) is 29.6 Å². The predicted molar refractivity (Wildman–Crippen MR) is 114 cm³/mol. The van der Waals surface area contributed by atoms with E-state index in [0.717, 1.165) is 0 Å². The molecule has 0 aliphatic rings. The molecule has 0 aliphatic carbocycles. The highest BCUT2D eigenvalue weighted by atomic mass is 31.2. The molecule has 0 bridgehead atoms. The fourth-order valence-electron chi connectivity index (χ4n) is 2.85. The second-order valence-corrected chi connectivity index (χ2v) is 11.2. The number of nitrogens with zero attached hydrogens (tertiary/aromatic N) is 2. The topological polar surface area (TPSA) is 221 Å². The van der Waals surface area contributed by atoms with Gasteiger partial charge in [0.25, 0.3) is 0 Å². The molecule has 0 spiro atoms. The molecule has 14 nitrogen and oxygen atoms in total. The molecule has 32 heavy (non-hydrogen) atoms. The van der Waals surface area contributed by atoms with Crippen molar-refractivity contribution in [1.29, 1.82) is 0 Å². The predicted octanol–water partition coefficient (Wildman–Crippen LogP) is -2.62. The van der Waals surface area contributed by atoms with Crippen molar-refractivity contribution in [2.45, 2.75) is 37.3 Å². The van der Waals surface area contributed by atoms with Crippen molar-refractivity contribution in [2.24, 2.45) is 0 Å². The second kappa shape index (κ2) is 15.8. The van der Waals surface area contributed by atoms with Crippen LogP contribution < -0.4 is 0 Å².